The van der Waals surface area contributed by atoms with Crippen molar-refractivity contribution < 1.29 is 9.90 Å². The second-order valence-electron chi connectivity index (χ2n) is 4.83. The van der Waals surface area contributed by atoms with Crippen LogP contribution in [0.1, 0.15) is 44.1 Å². The molecule has 0 saturated carbocycles. The van der Waals surface area contributed by atoms with Crippen molar-refractivity contribution in [3.63, 3.8) is 0 Å². The van der Waals surface area contributed by atoms with Gasteiger partial charge in [0, 0.05) is 31.5 Å². The zero-order chi connectivity index (χ0) is 15.0. The number of rotatable bonds is 8. The van der Waals surface area contributed by atoms with Crippen molar-refractivity contribution in [1.82, 2.24) is 9.88 Å². The van der Waals surface area contributed by atoms with Gasteiger partial charge in [-0.2, -0.15) is 0 Å². The third-order valence-electron chi connectivity index (χ3n) is 3.16. The molecule has 0 aliphatic rings. The van der Waals surface area contributed by atoms with Crippen LogP contribution in [0.5, 0.6) is 0 Å². The highest BCUT2D eigenvalue weighted by molar-refractivity contribution is 5.93. The number of nitrogens with zero attached hydrogens (tertiary/aromatic N) is 2. The third kappa shape index (κ3) is 5.17. The Labute approximate surface area is 121 Å². The topological polar surface area (TPSA) is 65.5 Å². The smallest absolute Gasteiger partial charge is 0.272 e. The number of aliphatic hydroxyl groups is 1. The first-order chi connectivity index (χ1) is 9.58. The fraction of sp³-hybridized carbons (Fsp3) is 0.600. The van der Waals surface area contributed by atoms with Crippen molar-refractivity contribution in [3.05, 3.63) is 24.0 Å². The fourth-order valence-electron chi connectivity index (χ4n) is 1.96. The van der Waals surface area contributed by atoms with E-state index in [9.17, 15) is 9.90 Å². The molecule has 0 spiro atoms. The fourth-order valence-corrected chi connectivity index (χ4v) is 1.96. The minimum Gasteiger partial charge on any atom is -0.393 e. The lowest BCUT2D eigenvalue weighted by Gasteiger charge is -2.18. The average molecular weight is 279 g/mol. The molecule has 1 amide bonds. The second kappa shape index (κ2) is 8.53. The van der Waals surface area contributed by atoms with Crippen molar-refractivity contribution in [2.24, 2.45) is 0 Å². The predicted molar refractivity (Wildman–Crippen MR) is 80.9 cm³/mol. The summed E-state index contributed by atoms with van der Waals surface area (Å²) in [6, 6.07) is 3.63. The number of pyridine rings is 1. The molecule has 1 rings (SSSR count). The summed E-state index contributed by atoms with van der Waals surface area (Å²) in [5.41, 5.74) is 1.36. The molecular formula is C15H25N3O2. The Balaban J connectivity index is 2.59. The molecule has 5 nitrogen and oxygen atoms in total. The Kier molecular flexibility index (Phi) is 7.01. The lowest BCUT2D eigenvalue weighted by Crippen LogP contribution is -2.31. The molecule has 0 fully saturated rings. The summed E-state index contributed by atoms with van der Waals surface area (Å²) in [6.45, 7) is 7.84. The molecule has 1 atom stereocenters. The maximum Gasteiger partial charge on any atom is 0.272 e. The minimum absolute atomic E-state index is 0.0392. The van der Waals surface area contributed by atoms with Crippen LogP contribution in [0.3, 0.4) is 0 Å². The van der Waals surface area contributed by atoms with Crippen LogP contribution in [-0.4, -0.2) is 46.6 Å². The molecule has 5 heteroatoms. The lowest BCUT2D eigenvalue weighted by molar-refractivity contribution is 0.0767. The van der Waals surface area contributed by atoms with E-state index in [4.69, 9.17) is 0 Å². The average Bonchev–Trinajstić information content (AvgIpc) is 2.45. The molecule has 0 aliphatic carbocycles. The zero-order valence-corrected chi connectivity index (χ0v) is 12.6. The van der Waals surface area contributed by atoms with Gasteiger partial charge in [0.2, 0.25) is 0 Å². The van der Waals surface area contributed by atoms with Gasteiger partial charge in [0.15, 0.2) is 0 Å². The molecule has 0 aliphatic heterocycles. The number of aliphatic hydroxyl groups excluding tert-OH is 1. The van der Waals surface area contributed by atoms with Crippen molar-refractivity contribution in [3.8, 4) is 0 Å². The number of aromatic nitrogens is 1. The molecule has 0 aromatic carbocycles. The summed E-state index contributed by atoms with van der Waals surface area (Å²) < 4.78 is 0. The molecule has 0 bridgehead atoms. The Bertz CT molecular complexity index is 417. The molecule has 1 aromatic heterocycles. The van der Waals surface area contributed by atoms with Crippen LogP contribution in [0.25, 0.3) is 0 Å². The quantitative estimate of drug-likeness (QED) is 0.716. The summed E-state index contributed by atoms with van der Waals surface area (Å²) in [5.74, 6) is -0.0392. The maximum atomic E-state index is 12.2. The number of carbonyl (C=O) groups excluding carboxylic acids is 1. The van der Waals surface area contributed by atoms with Crippen LogP contribution in [0.2, 0.25) is 0 Å². The standard InChI is InChI=1S/C15H25N3O2/c1-4-18(5-2)15(20)14-11-13(8-10-17-14)16-9-6-7-12(3)19/h8,10-12,19H,4-7,9H2,1-3H3,(H,16,17). The van der Waals surface area contributed by atoms with Gasteiger partial charge in [0.1, 0.15) is 5.69 Å². The van der Waals surface area contributed by atoms with Crippen molar-refractivity contribution in [2.75, 3.05) is 25.0 Å². The molecule has 0 saturated heterocycles. The van der Waals surface area contributed by atoms with Crippen molar-refractivity contribution in [2.45, 2.75) is 39.7 Å². The van der Waals surface area contributed by atoms with Gasteiger partial charge >= 0.3 is 0 Å². The number of amides is 1. The maximum absolute atomic E-state index is 12.2. The highest BCUT2D eigenvalue weighted by Gasteiger charge is 2.13. The first kappa shape index (κ1) is 16.4. The summed E-state index contributed by atoms with van der Waals surface area (Å²) >= 11 is 0. The number of nitrogens with one attached hydrogen (secondary N) is 1. The van der Waals surface area contributed by atoms with Gasteiger partial charge in [-0.3, -0.25) is 9.78 Å². The number of hydrogen-bond acceptors (Lipinski definition) is 4. The summed E-state index contributed by atoms with van der Waals surface area (Å²) in [7, 11) is 0. The Morgan fingerprint density at radius 1 is 1.45 bits per heavy atom. The zero-order valence-electron chi connectivity index (χ0n) is 12.6. The second-order valence-corrected chi connectivity index (χ2v) is 4.83. The van der Waals surface area contributed by atoms with Gasteiger partial charge in [-0.1, -0.05) is 0 Å². The van der Waals surface area contributed by atoms with Gasteiger partial charge in [-0.25, -0.2) is 0 Å². The van der Waals surface area contributed by atoms with Crippen LogP contribution in [0, 0.1) is 0 Å². The van der Waals surface area contributed by atoms with E-state index in [-0.39, 0.29) is 12.0 Å². The summed E-state index contributed by atoms with van der Waals surface area (Å²) in [5, 5.41) is 12.4. The van der Waals surface area contributed by atoms with Crippen LogP contribution in [0.15, 0.2) is 18.3 Å². The van der Waals surface area contributed by atoms with Gasteiger partial charge in [-0.05, 0) is 45.7 Å². The molecule has 0 radical (unpaired) electrons. The third-order valence-corrected chi connectivity index (χ3v) is 3.16. The van der Waals surface area contributed by atoms with E-state index >= 15 is 0 Å². The van der Waals surface area contributed by atoms with Gasteiger partial charge < -0.3 is 15.3 Å². The van der Waals surface area contributed by atoms with E-state index in [0.29, 0.717) is 18.8 Å². The monoisotopic (exact) mass is 279 g/mol. The van der Waals surface area contributed by atoms with Crippen LogP contribution in [-0.2, 0) is 0 Å². The van der Waals surface area contributed by atoms with E-state index in [1.165, 1.54) is 0 Å². The molecule has 1 unspecified atom stereocenters. The summed E-state index contributed by atoms with van der Waals surface area (Å²) in [4.78, 5) is 18.1. The van der Waals surface area contributed by atoms with E-state index in [2.05, 4.69) is 10.3 Å². The van der Waals surface area contributed by atoms with Crippen LogP contribution >= 0.6 is 0 Å². The van der Waals surface area contributed by atoms with E-state index in [0.717, 1.165) is 25.1 Å². The van der Waals surface area contributed by atoms with Gasteiger partial charge in [-0.15, -0.1) is 0 Å². The molecule has 2 N–H and O–H groups in total. The van der Waals surface area contributed by atoms with Crippen LogP contribution in [0.4, 0.5) is 5.69 Å². The first-order valence-electron chi connectivity index (χ1n) is 7.25. The minimum atomic E-state index is -0.269. The normalized spacial score (nSPS) is 12.0. The number of anilines is 1. The van der Waals surface area contributed by atoms with Crippen molar-refractivity contribution >= 4 is 11.6 Å². The highest BCUT2D eigenvalue weighted by atomic mass is 16.3. The molecular weight excluding hydrogens is 254 g/mol. The summed E-state index contributed by atoms with van der Waals surface area (Å²) in [6.07, 6.45) is 3.03. The van der Waals surface area contributed by atoms with E-state index in [1.54, 1.807) is 24.1 Å². The molecule has 1 heterocycles. The van der Waals surface area contributed by atoms with Gasteiger partial charge in [0.25, 0.3) is 5.91 Å². The number of carbonyl (C=O) groups is 1. The highest BCUT2D eigenvalue weighted by Crippen LogP contribution is 2.10. The molecule has 1 aromatic rings. The largest absolute Gasteiger partial charge is 0.393 e. The van der Waals surface area contributed by atoms with Gasteiger partial charge in [0.05, 0.1) is 6.10 Å². The molecule has 112 valence electrons. The SMILES string of the molecule is CCN(CC)C(=O)c1cc(NCCCC(C)O)ccn1. The van der Waals surface area contributed by atoms with E-state index in [1.807, 2.05) is 19.9 Å². The lowest BCUT2D eigenvalue weighted by atomic mass is 10.2. The van der Waals surface area contributed by atoms with Crippen LogP contribution < -0.4 is 5.32 Å². The van der Waals surface area contributed by atoms with E-state index < -0.39 is 0 Å². The predicted octanol–water partition coefficient (Wildman–Crippen LogP) is 2.14. The Morgan fingerprint density at radius 3 is 2.75 bits per heavy atom. The first-order valence-corrected chi connectivity index (χ1v) is 7.25. The van der Waals surface area contributed by atoms with Crippen molar-refractivity contribution in [1.29, 1.82) is 0 Å². The Hall–Kier alpha value is -1.62. The Morgan fingerprint density at radius 2 is 2.15 bits per heavy atom. The number of hydrogen-bond donors (Lipinski definition) is 2. The molecule has 20 heavy (non-hydrogen) atoms.